The number of carbonyl (C=O) groups excluding carboxylic acids is 1. The molecule has 1 fully saturated rings. The van der Waals surface area contributed by atoms with Crippen LogP contribution in [0.2, 0.25) is 0 Å². The highest BCUT2D eigenvalue weighted by Gasteiger charge is 2.33. The van der Waals surface area contributed by atoms with E-state index in [2.05, 4.69) is 15.0 Å². The molecule has 0 unspecified atom stereocenters. The van der Waals surface area contributed by atoms with Crippen LogP contribution in [0.4, 0.5) is 5.95 Å². The topological polar surface area (TPSA) is 85.0 Å². The van der Waals surface area contributed by atoms with Gasteiger partial charge in [0, 0.05) is 30.6 Å². The largest absolute Gasteiger partial charge is 0.368 e. The Morgan fingerprint density at radius 3 is 2.94 bits per heavy atom. The minimum atomic E-state index is -0.0190. The molecule has 7 heteroatoms. The highest BCUT2D eigenvalue weighted by Crippen LogP contribution is 2.26. The van der Waals surface area contributed by atoms with Gasteiger partial charge in [0.1, 0.15) is 5.69 Å². The predicted molar refractivity (Wildman–Crippen MR) is 67.2 cm³/mol. The minimum Gasteiger partial charge on any atom is -0.368 e. The number of nitrogens with two attached hydrogens (primary N) is 1. The van der Waals surface area contributed by atoms with E-state index >= 15 is 0 Å². The molecule has 2 N–H and O–H groups in total. The van der Waals surface area contributed by atoms with E-state index in [-0.39, 0.29) is 17.8 Å². The molecule has 0 atom stereocenters. The van der Waals surface area contributed by atoms with Gasteiger partial charge in [-0.1, -0.05) is 0 Å². The summed E-state index contributed by atoms with van der Waals surface area (Å²) in [5.41, 5.74) is 8.61. The number of hydrogen-bond acceptors (Lipinski definition) is 6. The molecule has 92 valence electrons. The normalized spacial score (nSPS) is 15.4. The summed E-state index contributed by atoms with van der Waals surface area (Å²) in [6.07, 6.45) is 1.64. The smallest absolute Gasteiger partial charge is 0.273 e. The van der Waals surface area contributed by atoms with Crippen LogP contribution in [0.15, 0.2) is 23.2 Å². The minimum absolute atomic E-state index is 0.0190. The van der Waals surface area contributed by atoms with Crippen LogP contribution >= 0.6 is 11.3 Å². The van der Waals surface area contributed by atoms with Crippen molar-refractivity contribution in [1.82, 2.24) is 19.9 Å². The second-order valence-corrected chi connectivity index (χ2v) is 4.84. The Bertz CT molecular complexity index is 565. The maximum atomic E-state index is 11.9. The fourth-order valence-corrected chi connectivity index (χ4v) is 2.45. The van der Waals surface area contributed by atoms with Crippen molar-refractivity contribution in [3.05, 3.63) is 34.5 Å². The molecule has 3 rings (SSSR count). The maximum absolute atomic E-state index is 11.9. The van der Waals surface area contributed by atoms with Crippen LogP contribution in [0.5, 0.6) is 0 Å². The summed E-state index contributed by atoms with van der Waals surface area (Å²) in [4.78, 5) is 25.7. The summed E-state index contributed by atoms with van der Waals surface area (Å²) in [6, 6.07) is 1.84. The van der Waals surface area contributed by atoms with Gasteiger partial charge in [-0.05, 0) is 6.07 Å². The zero-order chi connectivity index (χ0) is 12.5. The van der Waals surface area contributed by atoms with Crippen molar-refractivity contribution in [2.45, 2.75) is 5.92 Å². The van der Waals surface area contributed by atoms with E-state index in [0.29, 0.717) is 18.8 Å². The van der Waals surface area contributed by atoms with E-state index in [9.17, 15) is 4.79 Å². The van der Waals surface area contributed by atoms with Crippen LogP contribution in [0, 0.1) is 0 Å². The van der Waals surface area contributed by atoms with Crippen molar-refractivity contribution in [3.8, 4) is 0 Å². The van der Waals surface area contributed by atoms with Gasteiger partial charge in [0.2, 0.25) is 5.95 Å². The SMILES string of the molecule is Nc1nccc(C2CN(C(=O)c3cscn3)C2)n1. The molecule has 1 amide bonds. The van der Waals surface area contributed by atoms with Gasteiger partial charge >= 0.3 is 0 Å². The van der Waals surface area contributed by atoms with Gasteiger partial charge in [-0.3, -0.25) is 4.79 Å². The van der Waals surface area contributed by atoms with Crippen molar-refractivity contribution in [3.63, 3.8) is 0 Å². The molecule has 2 aromatic heterocycles. The van der Waals surface area contributed by atoms with Crippen LogP contribution in [-0.4, -0.2) is 38.8 Å². The number of nitrogen functional groups attached to an aromatic ring is 1. The monoisotopic (exact) mass is 261 g/mol. The van der Waals surface area contributed by atoms with E-state index in [1.54, 1.807) is 22.0 Å². The Balaban J connectivity index is 1.65. The highest BCUT2D eigenvalue weighted by atomic mass is 32.1. The second kappa shape index (κ2) is 4.34. The van der Waals surface area contributed by atoms with Crippen molar-refractivity contribution in [1.29, 1.82) is 0 Å². The zero-order valence-electron chi connectivity index (χ0n) is 9.48. The maximum Gasteiger partial charge on any atom is 0.273 e. The van der Waals surface area contributed by atoms with Crippen LogP contribution in [-0.2, 0) is 0 Å². The molecule has 0 aliphatic carbocycles. The molecule has 1 saturated heterocycles. The third kappa shape index (κ3) is 1.92. The first-order valence-electron chi connectivity index (χ1n) is 5.50. The molecule has 6 nitrogen and oxygen atoms in total. The van der Waals surface area contributed by atoms with Gasteiger partial charge in [-0.25, -0.2) is 15.0 Å². The second-order valence-electron chi connectivity index (χ2n) is 4.12. The number of anilines is 1. The molecule has 1 aliphatic rings. The number of aromatic nitrogens is 3. The van der Waals surface area contributed by atoms with E-state index in [1.807, 2.05) is 6.07 Å². The molecule has 0 spiro atoms. The van der Waals surface area contributed by atoms with Crippen LogP contribution < -0.4 is 5.73 Å². The van der Waals surface area contributed by atoms with Gasteiger partial charge < -0.3 is 10.6 Å². The molecule has 18 heavy (non-hydrogen) atoms. The zero-order valence-corrected chi connectivity index (χ0v) is 10.3. The Labute approximate surface area is 108 Å². The average molecular weight is 261 g/mol. The van der Waals surface area contributed by atoms with Gasteiger partial charge in [-0.2, -0.15) is 0 Å². The van der Waals surface area contributed by atoms with E-state index < -0.39 is 0 Å². The lowest BCUT2D eigenvalue weighted by molar-refractivity contribution is 0.0593. The predicted octanol–water partition coefficient (Wildman–Crippen LogP) is 0.755. The Morgan fingerprint density at radius 2 is 2.28 bits per heavy atom. The Hall–Kier alpha value is -2.02. The lowest BCUT2D eigenvalue weighted by atomic mass is 9.96. The number of nitrogens with zero attached hydrogens (tertiary/aromatic N) is 4. The van der Waals surface area contributed by atoms with Crippen molar-refractivity contribution in [2.24, 2.45) is 0 Å². The summed E-state index contributed by atoms with van der Waals surface area (Å²) >= 11 is 1.42. The molecule has 0 radical (unpaired) electrons. The van der Waals surface area contributed by atoms with Crippen LogP contribution in [0.1, 0.15) is 22.1 Å². The fraction of sp³-hybridized carbons (Fsp3) is 0.273. The van der Waals surface area contributed by atoms with Crippen LogP contribution in [0.3, 0.4) is 0 Å². The summed E-state index contributed by atoms with van der Waals surface area (Å²) in [7, 11) is 0. The summed E-state index contributed by atoms with van der Waals surface area (Å²) in [5.74, 6) is 0.504. The number of rotatable bonds is 2. The third-order valence-electron chi connectivity index (χ3n) is 2.93. The lowest BCUT2D eigenvalue weighted by Crippen LogP contribution is -2.48. The van der Waals surface area contributed by atoms with Crippen molar-refractivity contribution < 1.29 is 4.79 Å². The number of amides is 1. The van der Waals surface area contributed by atoms with Crippen molar-refractivity contribution in [2.75, 3.05) is 18.8 Å². The molecular weight excluding hydrogens is 250 g/mol. The van der Waals surface area contributed by atoms with Crippen molar-refractivity contribution >= 4 is 23.2 Å². The van der Waals surface area contributed by atoms with Crippen LogP contribution in [0.25, 0.3) is 0 Å². The third-order valence-corrected chi connectivity index (χ3v) is 3.52. The number of hydrogen-bond donors (Lipinski definition) is 1. The first kappa shape index (κ1) is 11.1. The highest BCUT2D eigenvalue weighted by molar-refractivity contribution is 7.07. The molecule has 2 aromatic rings. The molecule has 0 bridgehead atoms. The Kier molecular flexibility index (Phi) is 2.67. The van der Waals surface area contributed by atoms with E-state index in [1.165, 1.54) is 11.3 Å². The molecular formula is C11H11N5OS. The van der Waals surface area contributed by atoms with Gasteiger partial charge in [0.15, 0.2) is 0 Å². The first-order valence-corrected chi connectivity index (χ1v) is 6.44. The van der Waals surface area contributed by atoms with Gasteiger partial charge in [0.25, 0.3) is 5.91 Å². The summed E-state index contributed by atoms with van der Waals surface area (Å²) in [6.45, 7) is 1.32. The lowest BCUT2D eigenvalue weighted by Gasteiger charge is -2.38. The number of likely N-dealkylation sites (tertiary alicyclic amines) is 1. The molecule has 0 saturated carbocycles. The number of carbonyl (C=O) groups is 1. The molecule has 1 aliphatic heterocycles. The van der Waals surface area contributed by atoms with E-state index in [4.69, 9.17) is 5.73 Å². The van der Waals surface area contributed by atoms with Gasteiger partial charge in [-0.15, -0.1) is 11.3 Å². The average Bonchev–Trinajstić information content (AvgIpc) is 2.80. The quantitative estimate of drug-likeness (QED) is 0.862. The van der Waals surface area contributed by atoms with E-state index in [0.717, 1.165) is 5.69 Å². The van der Waals surface area contributed by atoms with Gasteiger partial charge in [0.05, 0.1) is 11.2 Å². The number of thiazole rings is 1. The first-order chi connectivity index (χ1) is 8.74. The summed E-state index contributed by atoms with van der Waals surface area (Å²) in [5, 5.41) is 1.76. The fourth-order valence-electron chi connectivity index (χ4n) is 1.93. The Morgan fingerprint density at radius 1 is 1.44 bits per heavy atom. The molecule has 0 aromatic carbocycles. The molecule has 3 heterocycles. The standard InChI is InChI=1S/C11H11N5OS/c12-11-13-2-1-8(15-11)7-3-16(4-7)10(17)9-5-18-6-14-9/h1-2,5-7H,3-4H2,(H2,12,13,15). The summed E-state index contributed by atoms with van der Waals surface area (Å²) < 4.78 is 0.